The van der Waals surface area contributed by atoms with Crippen molar-refractivity contribution in [2.75, 3.05) is 39.9 Å². The predicted molar refractivity (Wildman–Crippen MR) is 131 cm³/mol. The summed E-state index contributed by atoms with van der Waals surface area (Å²) in [5.74, 6) is -0.129. The van der Waals surface area contributed by atoms with Crippen LogP contribution in [-0.4, -0.2) is 67.8 Å². The van der Waals surface area contributed by atoms with Gasteiger partial charge in [-0.2, -0.15) is 5.26 Å². The number of thiophene rings is 1. The monoisotopic (exact) mass is 479 g/mol. The van der Waals surface area contributed by atoms with E-state index in [0.29, 0.717) is 53.9 Å². The van der Waals surface area contributed by atoms with E-state index < -0.39 is 0 Å². The number of amides is 2. The molecule has 3 heterocycles. The van der Waals surface area contributed by atoms with E-state index in [4.69, 9.17) is 4.74 Å². The van der Waals surface area contributed by atoms with Crippen LogP contribution in [0.15, 0.2) is 34.6 Å². The van der Waals surface area contributed by atoms with Crippen molar-refractivity contribution in [3.63, 3.8) is 0 Å². The van der Waals surface area contributed by atoms with Crippen LogP contribution < -0.4 is 5.32 Å². The van der Waals surface area contributed by atoms with Gasteiger partial charge < -0.3 is 19.9 Å². The Balaban J connectivity index is 1.56. The van der Waals surface area contributed by atoms with Gasteiger partial charge in [-0.25, -0.2) is 4.99 Å². The summed E-state index contributed by atoms with van der Waals surface area (Å²) in [4.78, 5) is 35.1. The van der Waals surface area contributed by atoms with Crippen molar-refractivity contribution >= 4 is 35.2 Å². The maximum absolute atomic E-state index is 13.4. The van der Waals surface area contributed by atoms with Gasteiger partial charge in [-0.15, -0.1) is 11.3 Å². The molecule has 34 heavy (non-hydrogen) atoms. The molecule has 0 radical (unpaired) electrons. The van der Waals surface area contributed by atoms with Crippen molar-refractivity contribution in [3.8, 4) is 6.07 Å². The Hall–Kier alpha value is -3.22. The molecule has 1 aromatic carbocycles. The minimum Gasteiger partial charge on any atom is -0.381 e. The summed E-state index contributed by atoms with van der Waals surface area (Å²) in [6, 6.07) is 9.41. The topological polar surface area (TPSA) is 98.0 Å². The zero-order valence-electron chi connectivity index (χ0n) is 19.3. The first kappa shape index (κ1) is 23.9. The number of carbonyl (C=O) groups excluding carboxylic acids is 2. The first-order valence-electron chi connectivity index (χ1n) is 11.6. The second kappa shape index (κ2) is 11.3. The Morgan fingerprint density at radius 3 is 2.76 bits per heavy atom. The Morgan fingerprint density at radius 1 is 1.29 bits per heavy atom. The van der Waals surface area contributed by atoms with E-state index in [1.165, 1.54) is 17.8 Å². The highest BCUT2D eigenvalue weighted by molar-refractivity contribution is 7.13. The number of hydrogen-bond donors (Lipinski definition) is 1. The van der Waals surface area contributed by atoms with Gasteiger partial charge in [0.25, 0.3) is 11.8 Å². The lowest BCUT2D eigenvalue weighted by Crippen LogP contribution is -2.39. The first-order chi connectivity index (χ1) is 16.6. The Kier molecular flexibility index (Phi) is 7.93. The van der Waals surface area contributed by atoms with Crippen LogP contribution in [0.3, 0.4) is 0 Å². The molecular formula is C25H29N5O3S. The smallest absolute Gasteiger partial charge is 0.266 e. The number of likely N-dealkylation sites (tertiary alicyclic amines) is 1. The second-order valence-corrected chi connectivity index (χ2v) is 9.59. The number of hydrogen-bond acceptors (Lipinski definition) is 6. The molecule has 1 aromatic heterocycles. The zero-order chi connectivity index (χ0) is 23.9. The van der Waals surface area contributed by atoms with Gasteiger partial charge in [-0.1, -0.05) is 18.2 Å². The number of nitrogens with zero attached hydrogens (tertiary/aromatic N) is 4. The van der Waals surface area contributed by atoms with Crippen LogP contribution in [0, 0.1) is 17.2 Å². The van der Waals surface area contributed by atoms with Crippen molar-refractivity contribution in [1.29, 1.82) is 5.26 Å². The summed E-state index contributed by atoms with van der Waals surface area (Å²) in [5.41, 5.74) is 2.13. The molecule has 178 valence electrons. The fraction of sp³-hybridized carbons (Fsp3) is 0.440. The quantitative estimate of drug-likeness (QED) is 0.462. The molecule has 0 atom stereocenters. The van der Waals surface area contributed by atoms with E-state index in [1.54, 1.807) is 35.8 Å². The van der Waals surface area contributed by atoms with Crippen LogP contribution in [0.2, 0.25) is 0 Å². The zero-order valence-corrected chi connectivity index (χ0v) is 20.1. The highest BCUT2D eigenvalue weighted by atomic mass is 32.1. The summed E-state index contributed by atoms with van der Waals surface area (Å²) < 4.78 is 5.18. The number of aliphatic imine (C=N–C) groups is 1. The molecule has 2 fully saturated rings. The van der Waals surface area contributed by atoms with Crippen LogP contribution >= 0.6 is 11.3 Å². The van der Waals surface area contributed by atoms with E-state index in [0.717, 1.165) is 31.5 Å². The minimum absolute atomic E-state index is 0.227. The van der Waals surface area contributed by atoms with Gasteiger partial charge in [-0.05, 0) is 30.9 Å². The molecule has 0 aliphatic carbocycles. The second-order valence-electron chi connectivity index (χ2n) is 8.71. The van der Waals surface area contributed by atoms with Crippen LogP contribution in [0.5, 0.6) is 0 Å². The number of piperidine rings is 1. The number of benzene rings is 1. The molecule has 2 aliphatic heterocycles. The fourth-order valence-corrected chi connectivity index (χ4v) is 4.95. The summed E-state index contributed by atoms with van der Waals surface area (Å²) >= 11 is 1.23. The number of nitrogens with one attached hydrogen (secondary N) is 1. The van der Waals surface area contributed by atoms with Gasteiger partial charge in [0.05, 0.1) is 36.7 Å². The van der Waals surface area contributed by atoms with Crippen molar-refractivity contribution in [3.05, 3.63) is 51.2 Å². The van der Waals surface area contributed by atoms with Gasteiger partial charge in [0.15, 0.2) is 0 Å². The van der Waals surface area contributed by atoms with Gasteiger partial charge in [0.1, 0.15) is 10.6 Å². The minimum atomic E-state index is -0.231. The molecule has 2 aromatic rings. The molecule has 0 bridgehead atoms. The lowest BCUT2D eigenvalue weighted by atomic mass is 10.1. The third kappa shape index (κ3) is 5.64. The molecule has 2 aliphatic rings. The molecule has 1 N–H and O–H groups in total. The molecule has 0 unspecified atom stereocenters. The molecule has 9 heteroatoms. The van der Waals surface area contributed by atoms with E-state index >= 15 is 0 Å². The van der Waals surface area contributed by atoms with Crippen molar-refractivity contribution < 1.29 is 14.3 Å². The third-order valence-electron chi connectivity index (χ3n) is 6.09. The van der Waals surface area contributed by atoms with Gasteiger partial charge >= 0.3 is 0 Å². The van der Waals surface area contributed by atoms with Gasteiger partial charge in [0, 0.05) is 44.5 Å². The molecule has 0 saturated carbocycles. The number of carbonyl (C=O) groups is 2. The number of rotatable bonds is 8. The van der Waals surface area contributed by atoms with Crippen LogP contribution in [0.4, 0.5) is 5.69 Å². The van der Waals surface area contributed by atoms with E-state index in [-0.39, 0.29) is 11.8 Å². The lowest BCUT2D eigenvalue weighted by Gasteiger charge is -2.26. The maximum Gasteiger partial charge on any atom is 0.266 e. The van der Waals surface area contributed by atoms with Crippen LogP contribution in [-0.2, 0) is 11.3 Å². The van der Waals surface area contributed by atoms with Crippen molar-refractivity contribution in [1.82, 2.24) is 15.1 Å². The molecule has 4 rings (SSSR count). The highest BCUT2D eigenvalue weighted by Crippen LogP contribution is 2.33. The first-order valence-corrected chi connectivity index (χ1v) is 12.4. The SMILES string of the molecule is CN(Cc1ccccc1C#N)C(=O)c1scc(C(=O)NCC2COC2)c1N=CN1CCCCC1. The molecule has 2 saturated heterocycles. The van der Waals surface area contributed by atoms with Crippen LogP contribution in [0.1, 0.15) is 50.4 Å². The predicted octanol–water partition coefficient (Wildman–Crippen LogP) is 3.41. The average molecular weight is 480 g/mol. The summed E-state index contributed by atoms with van der Waals surface area (Å²) in [6.07, 6.45) is 5.19. The standard InChI is InChI=1S/C25H29N5O3S/c1-29(13-20-8-4-3-7-19(20)11-26)25(32)23-22(28-17-30-9-5-2-6-10-30)21(16-34-23)24(31)27-12-18-14-33-15-18/h3-4,7-8,16-18H,2,5-6,9-10,12-15H2,1H3,(H,27,31). The molecular weight excluding hydrogens is 450 g/mol. The van der Waals surface area contributed by atoms with Crippen molar-refractivity contribution in [2.24, 2.45) is 10.9 Å². The normalized spacial score (nSPS) is 16.2. The van der Waals surface area contributed by atoms with E-state index in [1.807, 2.05) is 12.1 Å². The highest BCUT2D eigenvalue weighted by Gasteiger charge is 2.26. The molecule has 2 amide bonds. The van der Waals surface area contributed by atoms with Gasteiger partial charge in [-0.3, -0.25) is 9.59 Å². The summed E-state index contributed by atoms with van der Waals surface area (Å²) in [6.45, 7) is 3.98. The lowest BCUT2D eigenvalue weighted by molar-refractivity contribution is -0.0298. The summed E-state index contributed by atoms with van der Waals surface area (Å²) in [7, 11) is 1.70. The Morgan fingerprint density at radius 2 is 2.06 bits per heavy atom. The molecule has 8 nitrogen and oxygen atoms in total. The fourth-order valence-electron chi connectivity index (χ4n) is 3.97. The number of nitriles is 1. The Bertz CT molecular complexity index is 1100. The maximum atomic E-state index is 13.4. The van der Waals surface area contributed by atoms with E-state index in [9.17, 15) is 14.9 Å². The van der Waals surface area contributed by atoms with Crippen molar-refractivity contribution in [2.45, 2.75) is 25.8 Å². The third-order valence-corrected chi connectivity index (χ3v) is 7.05. The Labute approximate surface area is 203 Å². The molecule has 0 spiro atoms. The average Bonchev–Trinajstić information content (AvgIpc) is 3.26. The number of ether oxygens (including phenoxy) is 1. The van der Waals surface area contributed by atoms with E-state index in [2.05, 4.69) is 21.3 Å². The summed E-state index contributed by atoms with van der Waals surface area (Å²) in [5, 5.41) is 14.0. The van der Waals surface area contributed by atoms with Crippen LogP contribution in [0.25, 0.3) is 0 Å². The largest absolute Gasteiger partial charge is 0.381 e. The van der Waals surface area contributed by atoms with Gasteiger partial charge in [0.2, 0.25) is 0 Å².